The third-order valence-electron chi connectivity index (χ3n) is 4.67. The van der Waals surface area contributed by atoms with Crippen LogP contribution in [0.25, 0.3) is 0 Å². The highest BCUT2D eigenvalue weighted by Crippen LogP contribution is 2.32. The molecule has 0 unspecified atom stereocenters. The van der Waals surface area contributed by atoms with E-state index in [1.165, 1.54) is 17.0 Å². The van der Waals surface area contributed by atoms with Gasteiger partial charge in [0.2, 0.25) is 0 Å². The zero-order valence-corrected chi connectivity index (χ0v) is 16.1. The zero-order chi connectivity index (χ0) is 20.4. The normalized spacial score (nSPS) is 21.1. The van der Waals surface area contributed by atoms with E-state index in [1.807, 2.05) is 4.90 Å². The standard InChI is InChI=1S/C19H27F3N2O3/c1-18(2,3)27-17(26)24-11-15(9-10-16(24)12-25)23(4)14-7-5-13(6-8-14)19(20,21)22/h5-8,15-16,25H,9-12H2,1-4H3/t15-,16+/m1/s1. The van der Waals surface area contributed by atoms with E-state index < -0.39 is 23.4 Å². The second-order valence-corrected chi connectivity index (χ2v) is 7.86. The lowest BCUT2D eigenvalue weighted by molar-refractivity contribution is -0.137. The van der Waals surface area contributed by atoms with Gasteiger partial charge in [0, 0.05) is 25.3 Å². The Hall–Kier alpha value is -1.96. The lowest BCUT2D eigenvalue weighted by Gasteiger charge is -2.43. The van der Waals surface area contributed by atoms with E-state index in [2.05, 4.69) is 0 Å². The molecule has 1 aromatic rings. The van der Waals surface area contributed by atoms with E-state index in [4.69, 9.17) is 4.74 Å². The Balaban J connectivity index is 2.12. The van der Waals surface area contributed by atoms with Gasteiger partial charge in [-0.15, -0.1) is 0 Å². The summed E-state index contributed by atoms with van der Waals surface area (Å²) >= 11 is 0. The molecule has 0 bridgehead atoms. The largest absolute Gasteiger partial charge is 0.444 e. The fourth-order valence-electron chi connectivity index (χ4n) is 3.15. The SMILES string of the molecule is CN(c1ccc(C(F)(F)F)cc1)[C@@H]1CC[C@@H](CO)N(C(=O)OC(C)(C)C)C1. The molecule has 1 saturated heterocycles. The Morgan fingerprint density at radius 1 is 1.22 bits per heavy atom. The van der Waals surface area contributed by atoms with Crippen molar-refractivity contribution in [3.8, 4) is 0 Å². The van der Waals surface area contributed by atoms with E-state index in [0.717, 1.165) is 12.1 Å². The molecule has 1 fully saturated rings. The fourth-order valence-corrected chi connectivity index (χ4v) is 3.15. The van der Waals surface area contributed by atoms with Gasteiger partial charge < -0.3 is 19.6 Å². The maximum atomic E-state index is 12.7. The third kappa shape index (κ3) is 5.51. The summed E-state index contributed by atoms with van der Waals surface area (Å²) in [6, 6.07) is 4.56. The molecular weight excluding hydrogens is 361 g/mol. The minimum absolute atomic E-state index is 0.0861. The van der Waals surface area contributed by atoms with Gasteiger partial charge in [0.25, 0.3) is 0 Å². The summed E-state index contributed by atoms with van der Waals surface area (Å²) in [5, 5.41) is 9.59. The highest BCUT2D eigenvalue weighted by molar-refractivity contribution is 5.69. The van der Waals surface area contributed by atoms with Crippen LogP contribution in [0.1, 0.15) is 39.2 Å². The van der Waals surface area contributed by atoms with Crippen LogP contribution in [0.3, 0.4) is 0 Å². The van der Waals surface area contributed by atoms with Crippen molar-refractivity contribution in [2.75, 3.05) is 25.1 Å². The maximum absolute atomic E-state index is 12.7. The first-order chi connectivity index (χ1) is 12.4. The maximum Gasteiger partial charge on any atom is 0.416 e. The van der Waals surface area contributed by atoms with Crippen LogP contribution in [-0.4, -0.2) is 54.0 Å². The first-order valence-electron chi connectivity index (χ1n) is 8.93. The number of aliphatic hydroxyl groups is 1. The molecule has 0 aromatic heterocycles. The van der Waals surface area contributed by atoms with Crippen LogP contribution in [0.2, 0.25) is 0 Å². The van der Waals surface area contributed by atoms with Gasteiger partial charge in [0.05, 0.1) is 18.2 Å². The Kier molecular flexibility index (Phi) is 6.29. The Bertz CT molecular complexity index is 641. The lowest BCUT2D eigenvalue weighted by atomic mass is 9.97. The number of aliphatic hydroxyl groups excluding tert-OH is 1. The highest BCUT2D eigenvalue weighted by Gasteiger charge is 2.36. The number of carbonyl (C=O) groups excluding carboxylic acids is 1. The molecule has 0 aliphatic carbocycles. The van der Waals surface area contributed by atoms with Gasteiger partial charge in [-0.05, 0) is 57.9 Å². The predicted molar refractivity (Wildman–Crippen MR) is 96.7 cm³/mol. The van der Waals surface area contributed by atoms with Gasteiger partial charge in [-0.3, -0.25) is 0 Å². The first-order valence-corrected chi connectivity index (χ1v) is 8.93. The quantitative estimate of drug-likeness (QED) is 0.853. The molecule has 5 nitrogen and oxygen atoms in total. The average molecular weight is 388 g/mol. The van der Waals surface area contributed by atoms with Gasteiger partial charge in [-0.1, -0.05) is 0 Å². The highest BCUT2D eigenvalue weighted by atomic mass is 19.4. The van der Waals surface area contributed by atoms with Crippen molar-refractivity contribution in [1.82, 2.24) is 4.90 Å². The lowest BCUT2D eigenvalue weighted by Crippen LogP contribution is -2.55. The number of amides is 1. The molecule has 2 rings (SSSR count). The average Bonchev–Trinajstić information content (AvgIpc) is 2.58. The van der Waals surface area contributed by atoms with Crippen molar-refractivity contribution < 1.29 is 27.8 Å². The van der Waals surface area contributed by atoms with E-state index in [0.29, 0.717) is 25.1 Å². The van der Waals surface area contributed by atoms with Gasteiger partial charge in [-0.2, -0.15) is 13.2 Å². The minimum Gasteiger partial charge on any atom is -0.444 e. The molecule has 1 amide bonds. The van der Waals surface area contributed by atoms with Crippen molar-refractivity contribution in [1.29, 1.82) is 0 Å². The Labute approximate surface area is 157 Å². The number of carbonyl (C=O) groups is 1. The van der Waals surface area contributed by atoms with Gasteiger partial charge in [0.15, 0.2) is 0 Å². The summed E-state index contributed by atoms with van der Waals surface area (Å²) in [5.41, 5.74) is -0.706. The number of ether oxygens (including phenoxy) is 1. The second kappa shape index (κ2) is 7.96. The van der Waals surface area contributed by atoms with Crippen LogP contribution in [0.5, 0.6) is 0 Å². The zero-order valence-electron chi connectivity index (χ0n) is 16.1. The molecule has 0 saturated carbocycles. The summed E-state index contributed by atoms with van der Waals surface area (Å²) in [6.07, 6.45) is -3.57. The number of hydrogen-bond donors (Lipinski definition) is 1. The fraction of sp³-hybridized carbons (Fsp3) is 0.632. The van der Waals surface area contributed by atoms with Crippen molar-refractivity contribution >= 4 is 11.8 Å². The van der Waals surface area contributed by atoms with Crippen molar-refractivity contribution in [2.45, 2.75) is 57.5 Å². The van der Waals surface area contributed by atoms with Crippen LogP contribution < -0.4 is 4.90 Å². The first kappa shape index (κ1) is 21.3. The molecule has 2 atom stereocenters. The van der Waals surface area contributed by atoms with Crippen LogP contribution in [0.4, 0.5) is 23.7 Å². The molecule has 0 radical (unpaired) electrons. The van der Waals surface area contributed by atoms with E-state index in [9.17, 15) is 23.1 Å². The second-order valence-electron chi connectivity index (χ2n) is 7.86. The van der Waals surface area contributed by atoms with Crippen LogP contribution in [0, 0.1) is 0 Å². The minimum atomic E-state index is -4.37. The summed E-state index contributed by atoms with van der Waals surface area (Å²) in [7, 11) is 1.79. The van der Waals surface area contributed by atoms with Gasteiger partial charge >= 0.3 is 12.3 Å². The van der Waals surface area contributed by atoms with Crippen LogP contribution >= 0.6 is 0 Å². The topological polar surface area (TPSA) is 53.0 Å². The summed E-state index contributed by atoms with van der Waals surface area (Å²) in [5.74, 6) is 0. The van der Waals surface area contributed by atoms with Crippen molar-refractivity contribution in [3.63, 3.8) is 0 Å². The number of hydrogen-bond acceptors (Lipinski definition) is 4. The molecule has 1 aliphatic rings. The van der Waals surface area contributed by atoms with Crippen molar-refractivity contribution in [3.05, 3.63) is 29.8 Å². The van der Waals surface area contributed by atoms with Crippen LogP contribution in [-0.2, 0) is 10.9 Å². The number of rotatable bonds is 3. The molecule has 152 valence electrons. The summed E-state index contributed by atoms with van der Waals surface area (Å²) in [4.78, 5) is 15.9. The smallest absolute Gasteiger partial charge is 0.416 e. The number of likely N-dealkylation sites (tertiary alicyclic amines) is 1. The number of benzene rings is 1. The third-order valence-corrected chi connectivity index (χ3v) is 4.67. The number of halogens is 3. The van der Waals surface area contributed by atoms with E-state index in [-0.39, 0.29) is 18.7 Å². The molecule has 1 heterocycles. The van der Waals surface area contributed by atoms with E-state index in [1.54, 1.807) is 27.8 Å². The van der Waals surface area contributed by atoms with Gasteiger partial charge in [-0.25, -0.2) is 4.79 Å². The summed E-state index contributed by atoms with van der Waals surface area (Å²) < 4.78 is 43.6. The molecule has 27 heavy (non-hydrogen) atoms. The van der Waals surface area contributed by atoms with Crippen LogP contribution in [0.15, 0.2) is 24.3 Å². The number of anilines is 1. The molecule has 1 N–H and O–H groups in total. The number of nitrogens with zero attached hydrogens (tertiary/aromatic N) is 2. The number of piperidine rings is 1. The monoisotopic (exact) mass is 388 g/mol. The molecule has 1 aromatic carbocycles. The Morgan fingerprint density at radius 3 is 2.30 bits per heavy atom. The molecular formula is C19H27F3N2O3. The molecule has 1 aliphatic heterocycles. The predicted octanol–water partition coefficient (Wildman–Crippen LogP) is 3.90. The molecule has 0 spiro atoms. The summed E-state index contributed by atoms with van der Waals surface area (Å²) in [6.45, 7) is 5.49. The number of alkyl halides is 3. The Morgan fingerprint density at radius 2 is 1.81 bits per heavy atom. The molecule has 8 heteroatoms. The van der Waals surface area contributed by atoms with Crippen molar-refractivity contribution in [2.24, 2.45) is 0 Å². The van der Waals surface area contributed by atoms with Gasteiger partial charge in [0.1, 0.15) is 5.60 Å². The van der Waals surface area contributed by atoms with E-state index >= 15 is 0 Å². The number of likely N-dealkylation sites (N-methyl/N-ethyl adjacent to an activating group) is 1.